The molecule has 1 aromatic heterocycles. The summed E-state index contributed by atoms with van der Waals surface area (Å²) in [6, 6.07) is 7.42. The van der Waals surface area contributed by atoms with Crippen LogP contribution in [0.3, 0.4) is 0 Å². The van der Waals surface area contributed by atoms with Gasteiger partial charge in [-0.05, 0) is 12.1 Å². The topological polar surface area (TPSA) is 95.2 Å². The van der Waals surface area contributed by atoms with E-state index in [0.717, 1.165) is 11.0 Å². The van der Waals surface area contributed by atoms with Crippen molar-refractivity contribution in [2.45, 2.75) is 0 Å². The van der Waals surface area contributed by atoms with Crippen molar-refractivity contribution in [2.75, 3.05) is 0 Å². The first-order chi connectivity index (χ1) is 9.33. The molecular formula is C12H8N6O. The summed E-state index contributed by atoms with van der Waals surface area (Å²) < 4.78 is 0. The number of hydrogen-bond donors (Lipinski definition) is 1. The number of nitrogens with zero attached hydrogens (tertiary/aromatic N) is 5. The first kappa shape index (κ1) is 11.1. The van der Waals surface area contributed by atoms with Gasteiger partial charge in [0.25, 0.3) is 0 Å². The van der Waals surface area contributed by atoms with Crippen LogP contribution in [-0.2, 0) is 0 Å². The highest BCUT2D eigenvalue weighted by Gasteiger charge is 2.15. The number of fused-ring (bicyclic) bond motifs is 2. The van der Waals surface area contributed by atoms with Crippen LogP contribution < -0.4 is 0 Å². The van der Waals surface area contributed by atoms with Crippen molar-refractivity contribution in [1.29, 1.82) is 0 Å². The highest BCUT2D eigenvalue weighted by Crippen LogP contribution is 2.05. The van der Waals surface area contributed by atoms with E-state index in [4.69, 9.17) is 0 Å². The molecule has 0 saturated carbocycles. The molecule has 4 rings (SSSR count). The van der Waals surface area contributed by atoms with Gasteiger partial charge in [-0.2, -0.15) is 9.98 Å². The summed E-state index contributed by atoms with van der Waals surface area (Å²) >= 11 is 0. The fourth-order valence-electron chi connectivity index (χ4n) is 1.56. The first-order valence-corrected chi connectivity index (χ1v) is 5.48. The molecule has 0 atom stereocenters. The third-order valence-electron chi connectivity index (χ3n) is 2.43. The minimum absolute atomic E-state index is 0.361. The van der Waals surface area contributed by atoms with Crippen molar-refractivity contribution in [1.82, 2.24) is 9.97 Å². The highest BCUT2D eigenvalue weighted by atomic mass is 16.2. The molecule has 0 radical (unpaired) electrons. The first-order valence-electron chi connectivity index (χ1n) is 5.48. The SMILES string of the molecule is O=C1N=CC2=NC=NC2=N1.c1ccc2[nH]cnc2c1. The zero-order chi connectivity index (χ0) is 13.1. The molecule has 0 unspecified atom stereocenters. The van der Waals surface area contributed by atoms with Gasteiger partial charge in [0.2, 0.25) is 0 Å². The predicted octanol–water partition coefficient (Wildman–Crippen LogP) is 1.64. The van der Waals surface area contributed by atoms with Crippen molar-refractivity contribution < 1.29 is 4.79 Å². The zero-order valence-electron chi connectivity index (χ0n) is 9.69. The second-order valence-electron chi connectivity index (χ2n) is 3.65. The summed E-state index contributed by atoms with van der Waals surface area (Å²) in [5.41, 5.74) is 2.68. The third-order valence-corrected chi connectivity index (χ3v) is 2.43. The van der Waals surface area contributed by atoms with Crippen LogP contribution in [0, 0.1) is 0 Å². The molecule has 0 bridgehead atoms. The lowest BCUT2D eigenvalue weighted by Gasteiger charge is -1.95. The molecule has 2 aliphatic heterocycles. The quantitative estimate of drug-likeness (QED) is 0.771. The number of amides is 2. The molecule has 3 heterocycles. The zero-order valence-corrected chi connectivity index (χ0v) is 9.69. The average molecular weight is 252 g/mol. The molecule has 2 aromatic rings. The number of carbonyl (C=O) groups excluding carboxylic acids is 1. The summed E-state index contributed by atoms with van der Waals surface area (Å²) in [6.07, 6.45) is 4.40. The monoisotopic (exact) mass is 252 g/mol. The van der Waals surface area contributed by atoms with Crippen LogP contribution in [0.25, 0.3) is 11.0 Å². The van der Waals surface area contributed by atoms with Gasteiger partial charge >= 0.3 is 6.03 Å². The summed E-state index contributed by atoms with van der Waals surface area (Å²) in [5, 5.41) is 0. The number of benzene rings is 1. The van der Waals surface area contributed by atoms with E-state index in [1.807, 2.05) is 24.3 Å². The normalized spacial score (nSPS) is 15.7. The van der Waals surface area contributed by atoms with E-state index in [2.05, 4.69) is 29.9 Å². The van der Waals surface area contributed by atoms with Crippen LogP contribution in [-0.4, -0.2) is 40.1 Å². The lowest BCUT2D eigenvalue weighted by atomic mass is 10.3. The van der Waals surface area contributed by atoms with Crippen LogP contribution in [0.15, 0.2) is 50.6 Å². The summed E-state index contributed by atoms with van der Waals surface area (Å²) in [7, 11) is 0. The maximum absolute atomic E-state index is 10.5. The lowest BCUT2D eigenvalue weighted by Crippen LogP contribution is -2.16. The molecule has 7 nitrogen and oxygen atoms in total. The van der Waals surface area contributed by atoms with Gasteiger partial charge in [-0.25, -0.2) is 19.8 Å². The summed E-state index contributed by atoms with van der Waals surface area (Å²) in [5.74, 6) is 0.361. The molecule has 0 spiro atoms. The Balaban J connectivity index is 0.000000117. The second-order valence-corrected chi connectivity index (χ2v) is 3.65. The van der Waals surface area contributed by atoms with Crippen LogP contribution >= 0.6 is 0 Å². The van der Waals surface area contributed by atoms with Crippen LogP contribution in [0.5, 0.6) is 0 Å². The Kier molecular flexibility index (Phi) is 2.77. The van der Waals surface area contributed by atoms with Crippen molar-refractivity contribution in [2.24, 2.45) is 20.0 Å². The number of aromatic amines is 1. The van der Waals surface area contributed by atoms with Crippen LogP contribution in [0.4, 0.5) is 4.79 Å². The molecule has 0 saturated heterocycles. The molecule has 2 amide bonds. The smallest absolute Gasteiger partial charge is 0.345 e. The second kappa shape index (κ2) is 4.73. The largest absolute Gasteiger partial charge is 0.369 e. The van der Waals surface area contributed by atoms with E-state index in [9.17, 15) is 4.79 Å². The third kappa shape index (κ3) is 2.34. The van der Waals surface area contributed by atoms with Gasteiger partial charge < -0.3 is 4.98 Å². The van der Waals surface area contributed by atoms with E-state index in [-0.39, 0.29) is 0 Å². The van der Waals surface area contributed by atoms with Gasteiger partial charge in [-0.15, -0.1) is 0 Å². The molecule has 0 fully saturated rings. The molecule has 7 heteroatoms. The maximum Gasteiger partial charge on any atom is 0.369 e. The van der Waals surface area contributed by atoms with E-state index in [1.54, 1.807) is 6.33 Å². The van der Waals surface area contributed by atoms with E-state index < -0.39 is 6.03 Å². The number of carbonyl (C=O) groups is 1. The fourth-order valence-corrected chi connectivity index (χ4v) is 1.56. The number of nitrogens with one attached hydrogen (secondary N) is 1. The summed E-state index contributed by atoms with van der Waals surface area (Å²) in [4.78, 5) is 32.0. The molecule has 19 heavy (non-hydrogen) atoms. The Morgan fingerprint density at radius 3 is 2.89 bits per heavy atom. The minimum atomic E-state index is -0.520. The lowest BCUT2D eigenvalue weighted by molar-refractivity contribution is 0.257. The Labute approximate surface area is 107 Å². The van der Waals surface area contributed by atoms with Gasteiger partial charge in [0.05, 0.1) is 23.6 Å². The highest BCUT2D eigenvalue weighted by molar-refractivity contribution is 6.67. The molecule has 1 aromatic carbocycles. The number of imidazole rings is 1. The molecule has 1 N–H and O–H groups in total. The average Bonchev–Trinajstić information content (AvgIpc) is 3.07. The molecular weight excluding hydrogens is 244 g/mol. The van der Waals surface area contributed by atoms with Crippen LogP contribution in [0.1, 0.15) is 0 Å². The van der Waals surface area contributed by atoms with Crippen molar-refractivity contribution >= 4 is 41.2 Å². The number of aliphatic imine (C=N–C) groups is 4. The predicted molar refractivity (Wildman–Crippen MR) is 73.3 cm³/mol. The van der Waals surface area contributed by atoms with Crippen molar-refractivity contribution in [3.63, 3.8) is 0 Å². The van der Waals surface area contributed by atoms with Gasteiger partial charge in [0.1, 0.15) is 12.1 Å². The number of H-pyrrole nitrogens is 1. The molecule has 2 aliphatic rings. The minimum Gasteiger partial charge on any atom is -0.345 e. The standard InChI is InChI=1S/C7H6N2.C5H2N4O/c1-2-4-7-6(3-1)8-5-9-7;10-5-6-1-3-4(9-5)8-2-7-3/h1-5H,(H,8,9);1-2H. The summed E-state index contributed by atoms with van der Waals surface area (Å²) in [6.45, 7) is 0. The Morgan fingerprint density at radius 2 is 2.00 bits per heavy atom. The number of amidine groups is 1. The number of para-hydroxylation sites is 2. The van der Waals surface area contributed by atoms with Crippen molar-refractivity contribution in [3.8, 4) is 0 Å². The van der Waals surface area contributed by atoms with E-state index in [1.165, 1.54) is 12.6 Å². The fraction of sp³-hybridized carbons (Fsp3) is 0. The number of urea groups is 1. The maximum atomic E-state index is 10.5. The Morgan fingerprint density at radius 1 is 1.11 bits per heavy atom. The van der Waals surface area contributed by atoms with Gasteiger partial charge in [-0.1, -0.05) is 12.1 Å². The Bertz CT molecular complexity index is 722. The Hall–Kier alpha value is -2.96. The number of aromatic nitrogens is 2. The van der Waals surface area contributed by atoms with E-state index in [0.29, 0.717) is 11.5 Å². The number of hydrogen-bond acceptors (Lipinski definition) is 4. The van der Waals surface area contributed by atoms with E-state index >= 15 is 0 Å². The van der Waals surface area contributed by atoms with Crippen LogP contribution in [0.2, 0.25) is 0 Å². The number of rotatable bonds is 0. The van der Waals surface area contributed by atoms with Gasteiger partial charge in [0, 0.05) is 0 Å². The molecule has 92 valence electrons. The van der Waals surface area contributed by atoms with Crippen molar-refractivity contribution in [3.05, 3.63) is 30.6 Å². The van der Waals surface area contributed by atoms with Gasteiger partial charge in [0.15, 0.2) is 5.84 Å². The van der Waals surface area contributed by atoms with Gasteiger partial charge in [-0.3, -0.25) is 0 Å². The molecule has 0 aliphatic carbocycles.